The molecule has 0 bridgehead atoms. The molecule has 1 saturated carbocycles. The second kappa shape index (κ2) is 9.94. The molecular formula is C26H30F3N7O3. The third kappa shape index (κ3) is 5.37. The lowest BCUT2D eigenvalue weighted by Gasteiger charge is -2.39. The molecule has 2 saturated heterocycles. The summed E-state index contributed by atoms with van der Waals surface area (Å²) in [5.74, 6) is 0.0947. The molecule has 0 radical (unpaired) electrons. The van der Waals surface area contributed by atoms with E-state index in [1.54, 1.807) is 6.07 Å². The Morgan fingerprint density at radius 1 is 1.00 bits per heavy atom. The van der Waals surface area contributed by atoms with E-state index in [0.717, 1.165) is 31.5 Å². The van der Waals surface area contributed by atoms with Crippen LogP contribution in [0.25, 0.3) is 5.65 Å². The maximum absolute atomic E-state index is 13.2. The predicted octanol–water partition coefficient (Wildman–Crippen LogP) is 2.32. The van der Waals surface area contributed by atoms with Gasteiger partial charge in [0.1, 0.15) is 18.2 Å². The molecule has 1 aromatic carbocycles. The van der Waals surface area contributed by atoms with Gasteiger partial charge in [0.25, 0.3) is 5.82 Å². The highest BCUT2D eigenvalue weighted by atomic mass is 19.4. The molecule has 6 rings (SSSR count). The van der Waals surface area contributed by atoms with E-state index in [-0.39, 0.29) is 11.6 Å². The number of alkyl halides is 3. The van der Waals surface area contributed by atoms with Gasteiger partial charge in [0, 0.05) is 38.8 Å². The molecule has 3 fully saturated rings. The fraction of sp³-hybridized carbons (Fsp3) is 0.538. The maximum Gasteiger partial charge on any atom is 0.453 e. The topological polar surface area (TPSA) is 99.3 Å². The lowest BCUT2D eigenvalue weighted by Crippen LogP contribution is -2.51. The molecule has 2 aliphatic heterocycles. The third-order valence-corrected chi connectivity index (χ3v) is 7.81. The van der Waals surface area contributed by atoms with E-state index in [1.165, 1.54) is 6.07 Å². The highest BCUT2D eigenvalue weighted by molar-refractivity contribution is 5.79. The molecule has 4 heterocycles. The van der Waals surface area contributed by atoms with Gasteiger partial charge in [-0.3, -0.25) is 9.69 Å². The number of amides is 1. The van der Waals surface area contributed by atoms with Crippen LogP contribution in [0.3, 0.4) is 0 Å². The zero-order chi connectivity index (χ0) is 27.2. The molecule has 3 aromatic rings. The van der Waals surface area contributed by atoms with Gasteiger partial charge in [-0.05, 0) is 55.5 Å². The van der Waals surface area contributed by atoms with Crippen molar-refractivity contribution in [1.29, 1.82) is 0 Å². The number of halogens is 3. The van der Waals surface area contributed by atoms with Gasteiger partial charge in [0.05, 0.1) is 12.1 Å². The summed E-state index contributed by atoms with van der Waals surface area (Å²) < 4.78 is 46.2. The van der Waals surface area contributed by atoms with Crippen LogP contribution in [0.1, 0.15) is 37.1 Å². The van der Waals surface area contributed by atoms with Crippen LogP contribution >= 0.6 is 0 Å². The first kappa shape index (κ1) is 25.8. The standard InChI is InChI=1S/C26H30F3N7O3/c27-26(28,29)24-31-30-21-7-8-22(32-36(21)24)34-11-9-25(38,10-12-34)18-1-5-20(6-2-18)39-16-15-33-13-14-35(19-3-4-19)23(37)17-33/h1-2,5-8,19,38H,3-4,9-17H2. The van der Waals surface area contributed by atoms with Crippen molar-refractivity contribution < 1.29 is 27.8 Å². The van der Waals surface area contributed by atoms with Crippen LogP contribution in [-0.4, -0.2) is 92.5 Å². The average molecular weight is 546 g/mol. The minimum Gasteiger partial charge on any atom is -0.492 e. The summed E-state index contributed by atoms with van der Waals surface area (Å²) in [6.07, 6.45) is -1.62. The van der Waals surface area contributed by atoms with Gasteiger partial charge >= 0.3 is 6.18 Å². The number of hydrogen-bond donors (Lipinski definition) is 1. The van der Waals surface area contributed by atoms with Crippen LogP contribution in [0.5, 0.6) is 5.75 Å². The Kier molecular flexibility index (Phi) is 6.58. The normalized spacial score (nSPS) is 20.6. The number of nitrogens with zero attached hydrogens (tertiary/aromatic N) is 7. The summed E-state index contributed by atoms with van der Waals surface area (Å²) in [7, 11) is 0. The Morgan fingerprint density at radius 3 is 2.41 bits per heavy atom. The largest absolute Gasteiger partial charge is 0.492 e. The van der Waals surface area contributed by atoms with Crippen LogP contribution in [0, 0.1) is 0 Å². The van der Waals surface area contributed by atoms with E-state index >= 15 is 0 Å². The molecule has 13 heteroatoms. The Balaban J connectivity index is 1.02. The Morgan fingerprint density at radius 2 is 1.74 bits per heavy atom. The van der Waals surface area contributed by atoms with E-state index in [2.05, 4.69) is 20.2 Å². The van der Waals surface area contributed by atoms with Crippen molar-refractivity contribution in [3.8, 4) is 5.75 Å². The number of ether oxygens (including phenoxy) is 1. The summed E-state index contributed by atoms with van der Waals surface area (Å²) in [6.45, 7) is 4.07. The van der Waals surface area contributed by atoms with Crippen LogP contribution in [0.2, 0.25) is 0 Å². The second-order valence-corrected chi connectivity index (χ2v) is 10.5. The fourth-order valence-corrected chi connectivity index (χ4v) is 5.37. The molecule has 208 valence electrons. The van der Waals surface area contributed by atoms with Crippen LogP contribution in [0.15, 0.2) is 36.4 Å². The third-order valence-electron chi connectivity index (χ3n) is 7.81. The quantitative estimate of drug-likeness (QED) is 0.483. The van der Waals surface area contributed by atoms with Gasteiger partial charge in [-0.2, -0.15) is 17.7 Å². The summed E-state index contributed by atoms with van der Waals surface area (Å²) in [5, 5.41) is 22.2. The number of carbonyl (C=O) groups is 1. The first-order valence-electron chi connectivity index (χ1n) is 13.2. The lowest BCUT2D eigenvalue weighted by molar-refractivity contribution is -0.146. The van der Waals surface area contributed by atoms with Gasteiger partial charge in [-0.25, -0.2) is 0 Å². The van der Waals surface area contributed by atoms with Gasteiger partial charge in [-0.1, -0.05) is 12.1 Å². The number of carbonyl (C=O) groups excluding carboxylic acids is 1. The molecule has 1 N–H and O–H groups in total. The summed E-state index contributed by atoms with van der Waals surface area (Å²) in [5.41, 5.74) is -0.279. The predicted molar refractivity (Wildman–Crippen MR) is 134 cm³/mol. The number of rotatable bonds is 7. The number of piperazine rings is 1. The van der Waals surface area contributed by atoms with Crippen molar-refractivity contribution in [2.24, 2.45) is 0 Å². The van der Waals surface area contributed by atoms with E-state index in [4.69, 9.17) is 4.74 Å². The van der Waals surface area contributed by atoms with Gasteiger partial charge in [0.2, 0.25) is 5.91 Å². The number of piperidine rings is 1. The molecule has 0 spiro atoms. The molecule has 2 aromatic heterocycles. The second-order valence-electron chi connectivity index (χ2n) is 10.5. The SMILES string of the molecule is O=C1CN(CCOc2ccc(C3(O)CCN(c4ccc5nnc(C(F)(F)F)n5n4)CC3)cc2)CCN1C1CC1. The minimum absolute atomic E-state index is 0.0199. The zero-order valence-corrected chi connectivity index (χ0v) is 21.3. The molecule has 10 nitrogen and oxygen atoms in total. The smallest absolute Gasteiger partial charge is 0.453 e. The Bertz CT molecular complexity index is 1330. The van der Waals surface area contributed by atoms with Crippen molar-refractivity contribution in [3.05, 3.63) is 47.8 Å². The number of fused-ring (bicyclic) bond motifs is 1. The van der Waals surface area contributed by atoms with Crippen molar-refractivity contribution in [1.82, 2.24) is 29.6 Å². The molecule has 1 aliphatic carbocycles. The van der Waals surface area contributed by atoms with Crippen molar-refractivity contribution in [2.45, 2.75) is 43.5 Å². The summed E-state index contributed by atoms with van der Waals surface area (Å²) in [6, 6.07) is 10.9. The van der Waals surface area contributed by atoms with E-state index in [1.807, 2.05) is 34.1 Å². The molecule has 1 amide bonds. The number of aliphatic hydroxyl groups is 1. The first-order valence-corrected chi connectivity index (χ1v) is 13.2. The van der Waals surface area contributed by atoms with Gasteiger partial charge < -0.3 is 19.6 Å². The van der Waals surface area contributed by atoms with Crippen molar-refractivity contribution >= 4 is 17.4 Å². The van der Waals surface area contributed by atoms with Crippen molar-refractivity contribution in [2.75, 3.05) is 50.8 Å². The minimum atomic E-state index is -4.66. The van der Waals surface area contributed by atoms with Gasteiger partial charge in [-0.15, -0.1) is 15.3 Å². The van der Waals surface area contributed by atoms with E-state index in [0.29, 0.717) is 67.8 Å². The Labute approximate surface area is 223 Å². The Hall–Kier alpha value is -3.45. The summed E-state index contributed by atoms with van der Waals surface area (Å²) in [4.78, 5) is 18.3. The van der Waals surface area contributed by atoms with Gasteiger partial charge in [0.15, 0.2) is 5.65 Å². The van der Waals surface area contributed by atoms with Crippen LogP contribution in [0.4, 0.5) is 19.0 Å². The van der Waals surface area contributed by atoms with E-state index < -0.39 is 17.6 Å². The maximum atomic E-state index is 13.2. The van der Waals surface area contributed by atoms with Crippen LogP contribution < -0.4 is 9.64 Å². The fourth-order valence-electron chi connectivity index (χ4n) is 5.37. The zero-order valence-electron chi connectivity index (χ0n) is 21.3. The highest BCUT2D eigenvalue weighted by Crippen LogP contribution is 2.35. The monoisotopic (exact) mass is 545 g/mol. The molecular weight excluding hydrogens is 515 g/mol. The first-order chi connectivity index (χ1) is 18.7. The van der Waals surface area contributed by atoms with Crippen LogP contribution in [-0.2, 0) is 16.6 Å². The van der Waals surface area contributed by atoms with Crippen molar-refractivity contribution in [3.63, 3.8) is 0 Å². The average Bonchev–Trinajstić information content (AvgIpc) is 3.66. The molecule has 0 unspecified atom stereocenters. The number of benzene rings is 1. The number of aromatic nitrogens is 4. The van der Waals surface area contributed by atoms with E-state index in [9.17, 15) is 23.1 Å². The molecule has 0 atom stereocenters. The summed E-state index contributed by atoms with van der Waals surface area (Å²) >= 11 is 0. The highest BCUT2D eigenvalue weighted by Gasteiger charge is 2.39. The molecule has 39 heavy (non-hydrogen) atoms. The number of hydrogen-bond acceptors (Lipinski definition) is 8. The number of anilines is 1. The lowest BCUT2D eigenvalue weighted by atomic mass is 9.84. The molecule has 3 aliphatic rings.